The lowest BCUT2D eigenvalue weighted by molar-refractivity contribution is -0.143. The molecule has 1 aliphatic rings. The normalized spacial score (nSPS) is 17.1. The molecule has 22 heavy (non-hydrogen) atoms. The predicted molar refractivity (Wildman–Crippen MR) is 83.1 cm³/mol. The van der Waals surface area contributed by atoms with Gasteiger partial charge in [-0.05, 0) is 46.7 Å². The highest BCUT2D eigenvalue weighted by molar-refractivity contribution is 5.70. The van der Waals surface area contributed by atoms with Gasteiger partial charge in [0.1, 0.15) is 0 Å². The lowest BCUT2D eigenvalue weighted by Gasteiger charge is -2.32. The molecule has 0 atom stereocenters. The van der Waals surface area contributed by atoms with Crippen molar-refractivity contribution in [2.24, 2.45) is 5.92 Å². The van der Waals surface area contributed by atoms with Crippen LogP contribution in [0.25, 0.3) is 0 Å². The molecule has 0 spiro atoms. The first-order chi connectivity index (χ1) is 10.3. The molecule has 1 aromatic rings. The molecular weight excluding hydrogens is 284 g/mol. The second kappa shape index (κ2) is 6.52. The fraction of sp³-hybridized carbons (Fsp3) is 0.625. The van der Waals surface area contributed by atoms with Crippen LogP contribution < -0.4 is 5.43 Å². The average Bonchev–Trinajstić information content (AvgIpc) is 2.44. The molecule has 0 aromatic carbocycles. The fourth-order valence-electron chi connectivity index (χ4n) is 3.22. The molecule has 122 valence electrons. The van der Waals surface area contributed by atoms with Crippen LogP contribution in [0.1, 0.15) is 44.1 Å². The molecule has 6 nitrogen and oxygen atoms in total. The fourth-order valence-corrected chi connectivity index (χ4v) is 3.22. The van der Waals surface area contributed by atoms with E-state index in [9.17, 15) is 14.7 Å². The SMILES string of the molecule is Cc1cc(=O)c(O)c(CN2CCC(C(=O)O)CC2)n1C(C)C. The maximum atomic E-state index is 11.9. The molecule has 1 fully saturated rings. The van der Waals surface area contributed by atoms with Gasteiger partial charge in [0.2, 0.25) is 5.43 Å². The highest BCUT2D eigenvalue weighted by atomic mass is 16.4. The number of likely N-dealkylation sites (tertiary alicyclic amines) is 1. The van der Waals surface area contributed by atoms with Crippen molar-refractivity contribution in [3.8, 4) is 5.75 Å². The number of rotatable bonds is 4. The molecule has 1 aliphatic heterocycles. The van der Waals surface area contributed by atoms with Gasteiger partial charge in [0.25, 0.3) is 0 Å². The van der Waals surface area contributed by atoms with E-state index in [1.807, 2.05) is 25.3 Å². The van der Waals surface area contributed by atoms with E-state index in [-0.39, 0.29) is 23.1 Å². The third-order valence-electron chi connectivity index (χ3n) is 4.34. The number of carboxylic acid groups (broad SMARTS) is 1. The van der Waals surface area contributed by atoms with Crippen LogP contribution in [0.5, 0.6) is 5.75 Å². The number of aliphatic carboxylic acids is 1. The van der Waals surface area contributed by atoms with Crippen LogP contribution in [0.4, 0.5) is 0 Å². The zero-order valence-electron chi connectivity index (χ0n) is 13.4. The number of piperidine rings is 1. The van der Waals surface area contributed by atoms with Gasteiger partial charge in [-0.3, -0.25) is 14.5 Å². The van der Waals surface area contributed by atoms with E-state index in [1.165, 1.54) is 6.07 Å². The summed E-state index contributed by atoms with van der Waals surface area (Å²) >= 11 is 0. The molecule has 0 radical (unpaired) electrons. The average molecular weight is 308 g/mol. The van der Waals surface area contributed by atoms with Crippen LogP contribution in [0.2, 0.25) is 0 Å². The Morgan fingerprint density at radius 3 is 2.45 bits per heavy atom. The van der Waals surface area contributed by atoms with Gasteiger partial charge in [0, 0.05) is 24.3 Å². The molecule has 2 heterocycles. The Morgan fingerprint density at radius 2 is 1.95 bits per heavy atom. The maximum Gasteiger partial charge on any atom is 0.306 e. The van der Waals surface area contributed by atoms with Crippen molar-refractivity contribution >= 4 is 5.97 Å². The van der Waals surface area contributed by atoms with Crippen molar-refractivity contribution in [1.29, 1.82) is 0 Å². The molecule has 0 saturated carbocycles. The summed E-state index contributed by atoms with van der Waals surface area (Å²) in [6.45, 7) is 7.68. The lowest BCUT2D eigenvalue weighted by Crippen LogP contribution is -2.37. The van der Waals surface area contributed by atoms with Gasteiger partial charge in [-0.1, -0.05) is 0 Å². The quantitative estimate of drug-likeness (QED) is 0.885. The summed E-state index contributed by atoms with van der Waals surface area (Å²) in [6.07, 6.45) is 1.21. The molecule has 2 rings (SSSR count). The number of aromatic hydroxyl groups is 1. The van der Waals surface area contributed by atoms with Crippen molar-refractivity contribution in [3.63, 3.8) is 0 Å². The van der Waals surface area contributed by atoms with Crippen LogP contribution in [-0.2, 0) is 11.3 Å². The van der Waals surface area contributed by atoms with Gasteiger partial charge in [0.15, 0.2) is 5.75 Å². The van der Waals surface area contributed by atoms with Gasteiger partial charge in [-0.15, -0.1) is 0 Å². The number of hydrogen-bond donors (Lipinski definition) is 2. The van der Waals surface area contributed by atoms with Crippen molar-refractivity contribution in [2.45, 2.75) is 46.2 Å². The topological polar surface area (TPSA) is 82.8 Å². The molecule has 1 saturated heterocycles. The molecule has 0 aliphatic carbocycles. The zero-order valence-corrected chi connectivity index (χ0v) is 13.4. The van der Waals surface area contributed by atoms with E-state index in [4.69, 9.17) is 5.11 Å². The minimum atomic E-state index is -0.739. The molecule has 1 aromatic heterocycles. The van der Waals surface area contributed by atoms with Crippen LogP contribution in [0.3, 0.4) is 0 Å². The van der Waals surface area contributed by atoms with Crippen LogP contribution in [-0.4, -0.2) is 38.7 Å². The Hall–Kier alpha value is -1.82. The van der Waals surface area contributed by atoms with Crippen LogP contribution in [0, 0.1) is 12.8 Å². The molecule has 0 bridgehead atoms. The summed E-state index contributed by atoms with van der Waals surface area (Å²) in [5.41, 5.74) is 1.09. The van der Waals surface area contributed by atoms with E-state index in [0.29, 0.717) is 38.2 Å². The summed E-state index contributed by atoms with van der Waals surface area (Å²) in [5, 5.41) is 19.2. The van der Waals surface area contributed by atoms with Gasteiger partial charge < -0.3 is 14.8 Å². The third kappa shape index (κ3) is 3.32. The summed E-state index contributed by atoms with van der Waals surface area (Å²) in [6, 6.07) is 1.59. The van der Waals surface area contributed by atoms with Gasteiger partial charge in [-0.25, -0.2) is 0 Å². The van der Waals surface area contributed by atoms with Crippen LogP contribution in [0.15, 0.2) is 10.9 Å². The van der Waals surface area contributed by atoms with Crippen molar-refractivity contribution in [3.05, 3.63) is 27.7 Å². The summed E-state index contributed by atoms with van der Waals surface area (Å²) in [4.78, 5) is 25.0. The van der Waals surface area contributed by atoms with Gasteiger partial charge >= 0.3 is 5.97 Å². The Labute approximate surface area is 130 Å². The van der Waals surface area contributed by atoms with E-state index in [0.717, 1.165) is 5.69 Å². The summed E-state index contributed by atoms with van der Waals surface area (Å²) < 4.78 is 1.97. The highest BCUT2D eigenvalue weighted by Crippen LogP contribution is 2.24. The molecule has 2 N–H and O–H groups in total. The number of aryl methyl sites for hydroxylation is 1. The molecule has 6 heteroatoms. The Bertz CT molecular complexity index is 613. The highest BCUT2D eigenvalue weighted by Gasteiger charge is 2.26. The number of nitrogens with zero attached hydrogens (tertiary/aromatic N) is 2. The number of pyridine rings is 1. The van der Waals surface area contributed by atoms with E-state index in [2.05, 4.69) is 4.90 Å². The number of aromatic nitrogens is 1. The van der Waals surface area contributed by atoms with Crippen LogP contribution >= 0.6 is 0 Å². The first-order valence-electron chi connectivity index (χ1n) is 7.70. The zero-order chi connectivity index (χ0) is 16.4. The lowest BCUT2D eigenvalue weighted by atomic mass is 9.97. The predicted octanol–water partition coefficient (Wildman–Crippen LogP) is 1.74. The number of carbonyl (C=O) groups is 1. The van der Waals surface area contributed by atoms with Crippen molar-refractivity contribution in [2.75, 3.05) is 13.1 Å². The second-order valence-corrected chi connectivity index (χ2v) is 6.30. The van der Waals surface area contributed by atoms with E-state index < -0.39 is 5.97 Å². The Morgan fingerprint density at radius 1 is 1.36 bits per heavy atom. The summed E-state index contributed by atoms with van der Waals surface area (Å²) in [5.74, 6) is -1.22. The Balaban J connectivity index is 2.23. The van der Waals surface area contributed by atoms with Gasteiger partial charge in [0.05, 0.1) is 11.6 Å². The smallest absolute Gasteiger partial charge is 0.306 e. The van der Waals surface area contributed by atoms with E-state index >= 15 is 0 Å². The molecule has 0 unspecified atom stereocenters. The first-order valence-corrected chi connectivity index (χ1v) is 7.70. The minimum absolute atomic E-state index is 0.137. The monoisotopic (exact) mass is 308 g/mol. The van der Waals surface area contributed by atoms with Crippen molar-refractivity contribution < 1.29 is 15.0 Å². The second-order valence-electron chi connectivity index (χ2n) is 6.30. The van der Waals surface area contributed by atoms with Crippen molar-refractivity contribution in [1.82, 2.24) is 9.47 Å². The summed E-state index contributed by atoms with van der Waals surface area (Å²) in [7, 11) is 0. The first kappa shape index (κ1) is 16.5. The maximum absolute atomic E-state index is 11.9. The largest absolute Gasteiger partial charge is 0.503 e. The Kier molecular flexibility index (Phi) is 4.90. The van der Waals surface area contributed by atoms with E-state index in [1.54, 1.807) is 0 Å². The third-order valence-corrected chi connectivity index (χ3v) is 4.34. The molecule has 0 amide bonds. The number of carboxylic acids is 1. The molecular formula is C16H24N2O4. The minimum Gasteiger partial charge on any atom is -0.503 e. The van der Waals surface area contributed by atoms with Gasteiger partial charge in [-0.2, -0.15) is 0 Å². The number of hydrogen-bond acceptors (Lipinski definition) is 4. The standard InChI is InChI=1S/C16H24N2O4/c1-10(2)18-11(3)8-14(19)15(20)13(18)9-17-6-4-12(5-7-17)16(21)22/h8,10,12,20H,4-7,9H2,1-3H3,(H,21,22).